The maximum atomic E-state index is 12.0. The normalized spacial score (nSPS) is 10.8. The van der Waals surface area contributed by atoms with Crippen LogP contribution in [-0.2, 0) is 4.79 Å². The van der Waals surface area contributed by atoms with Gasteiger partial charge in [0.25, 0.3) is 11.8 Å². The van der Waals surface area contributed by atoms with Crippen molar-refractivity contribution in [2.75, 3.05) is 5.32 Å². The summed E-state index contributed by atoms with van der Waals surface area (Å²) in [6.45, 7) is 2.80. The number of hydrogen-bond acceptors (Lipinski definition) is 4. The van der Waals surface area contributed by atoms with Crippen LogP contribution in [0.4, 0.5) is 5.88 Å². The zero-order chi connectivity index (χ0) is 17.9. The number of ketones is 1. The topological polar surface area (TPSA) is 102 Å². The number of aryl methyl sites for hydroxylation is 1. The Hall–Kier alpha value is -2.86. The fourth-order valence-corrected chi connectivity index (χ4v) is 2.42. The van der Waals surface area contributed by atoms with Crippen LogP contribution in [0.25, 0.3) is 6.08 Å². The number of primary amides is 1. The molecule has 0 bridgehead atoms. The molecule has 2 rings (SSSR count). The van der Waals surface area contributed by atoms with Crippen LogP contribution in [0.3, 0.4) is 0 Å². The molecule has 0 aliphatic carbocycles. The SMILES string of the molecule is CC(=O)c1c(C)oc(NC(=O)/C=C/c2ccccc2Cl)c1C(N)=O. The molecule has 1 aromatic carbocycles. The number of benzene rings is 1. The van der Waals surface area contributed by atoms with E-state index in [1.54, 1.807) is 24.3 Å². The summed E-state index contributed by atoms with van der Waals surface area (Å²) in [4.78, 5) is 35.2. The molecule has 0 radical (unpaired) electrons. The molecule has 0 aliphatic rings. The molecule has 1 heterocycles. The molecule has 0 spiro atoms. The third kappa shape index (κ3) is 3.72. The Labute approximate surface area is 143 Å². The van der Waals surface area contributed by atoms with Crippen molar-refractivity contribution in [1.82, 2.24) is 0 Å². The molecule has 7 heteroatoms. The van der Waals surface area contributed by atoms with Crippen LogP contribution in [0.5, 0.6) is 0 Å². The summed E-state index contributed by atoms with van der Waals surface area (Å²) >= 11 is 5.99. The number of furan rings is 1. The third-order valence-corrected chi connectivity index (χ3v) is 3.58. The van der Waals surface area contributed by atoms with Gasteiger partial charge >= 0.3 is 0 Å². The molecule has 0 fully saturated rings. The van der Waals surface area contributed by atoms with E-state index in [0.717, 1.165) is 0 Å². The van der Waals surface area contributed by atoms with E-state index in [0.29, 0.717) is 10.6 Å². The number of rotatable bonds is 5. The molecule has 0 saturated carbocycles. The molecule has 2 amide bonds. The second kappa shape index (κ2) is 7.14. The van der Waals surface area contributed by atoms with Gasteiger partial charge in [0.2, 0.25) is 5.88 Å². The highest BCUT2D eigenvalue weighted by Crippen LogP contribution is 2.27. The van der Waals surface area contributed by atoms with Gasteiger partial charge < -0.3 is 10.2 Å². The Morgan fingerprint density at radius 3 is 2.46 bits per heavy atom. The Kier molecular flexibility index (Phi) is 5.21. The average Bonchev–Trinajstić information content (AvgIpc) is 2.82. The number of hydrogen-bond donors (Lipinski definition) is 2. The predicted molar refractivity (Wildman–Crippen MR) is 91.1 cm³/mol. The quantitative estimate of drug-likeness (QED) is 0.641. The van der Waals surface area contributed by atoms with E-state index < -0.39 is 11.8 Å². The van der Waals surface area contributed by atoms with E-state index in [9.17, 15) is 14.4 Å². The fourth-order valence-electron chi connectivity index (χ4n) is 2.22. The second-order valence-electron chi connectivity index (χ2n) is 5.00. The standard InChI is InChI=1S/C17H15ClN2O4/c1-9(21)14-10(2)24-17(15(14)16(19)23)20-13(22)8-7-11-5-3-4-6-12(11)18/h3-8H,1-2H3,(H2,19,23)(H,20,22)/b8-7+. The summed E-state index contributed by atoms with van der Waals surface area (Å²) in [5.41, 5.74) is 5.87. The monoisotopic (exact) mass is 346 g/mol. The molecular weight excluding hydrogens is 332 g/mol. The Morgan fingerprint density at radius 2 is 1.88 bits per heavy atom. The minimum absolute atomic E-state index is 0.0629. The highest BCUT2D eigenvalue weighted by atomic mass is 35.5. The number of carbonyl (C=O) groups is 3. The van der Waals surface area contributed by atoms with Crippen LogP contribution in [0.2, 0.25) is 5.02 Å². The average molecular weight is 347 g/mol. The van der Waals surface area contributed by atoms with Gasteiger partial charge in [-0.15, -0.1) is 0 Å². The van der Waals surface area contributed by atoms with Gasteiger partial charge in [-0.25, -0.2) is 0 Å². The predicted octanol–water partition coefficient (Wildman–Crippen LogP) is 3.19. The van der Waals surface area contributed by atoms with Crippen LogP contribution in [0.1, 0.15) is 39.0 Å². The minimum atomic E-state index is -0.859. The summed E-state index contributed by atoms with van der Waals surface area (Å²) < 4.78 is 5.30. The van der Waals surface area contributed by atoms with Crippen molar-refractivity contribution in [3.8, 4) is 0 Å². The number of amides is 2. The molecule has 3 N–H and O–H groups in total. The first-order chi connectivity index (χ1) is 11.3. The molecule has 1 aromatic heterocycles. The summed E-state index contributed by atoms with van der Waals surface area (Å²) in [6.07, 6.45) is 2.75. The van der Waals surface area contributed by atoms with Crippen LogP contribution in [0, 0.1) is 6.92 Å². The summed E-state index contributed by atoms with van der Waals surface area (Å²) in [7, 11) is 0. The smallest absolute Gasteiger partial charge is 0.255 e. The van der Waals surface area contributed by atoms with Crippen molar-refractivity contribution in [3.63, 3.8) is 0 Å². The molecule has 24 heavy (non-hydrogen) atoms. The van der Waals surface area contributed by atoms with Gasteiger partial charge in [0.05, 0.1) is 5.56 Å². The lowest BCUT2D eigenvalue weighted by Gasteiger charge is -2.01. The summed E-state index contributed by atoms with van der Waals surface area (Å²) in [5, 5.41) is 2.90. The Balaban J connectivity index is 2.27. The lowest BCUT2D eigenvalue weighted by Crippen LogP contribution is -2.18. The van der Waals surface area contributed by atoms with E-state index in [1.807, 2.05) is 0 Å². The van der Waals surface area contributed by atoms with Gasteiger partial charge in [-0.2, -0.15) is 0 Å². The van der Waals surface area contributed by atoms with E-state index in [2.05, 4.69) is 5.32 Å². The number of halogens is 1. The highest BCUT2D eigenvalue weighted by Gasteiger charge is 2.25. The van der Waals surface area contributed by atoms with Crippen molar-refractivity contribution in [2.45, 2.75) is 13.8 Å². The van der Waals surface area contributed by atoms with Crippen LogP contribution in [-0.4, -0.2) is 17.6 Å². The first-order valence-corrected chi connectivity index (χ1v) is 7.36. The van der Waals surface area contributed by atoms with Crippen molar-refractivity contribution in [1.29, 1.82) is 0 Å². The maximum Gasteiger partial charge on any atom is 0.255 e. The first kappa shape index (κ1) is 17.5. The van der Waals surface area contributed by atoms with E-state index in [-0.39, 0.29) is 28.6 Å². The van der Waals surface area contributed by atoms with Gasteiger partial charge in [0.1, 0.15) is 11.3 Å². The minimum Gasteiger partial charge on any atom is -0.444 e. The van der Waals surface area contributed by atoms with Crippen molar-refractivity contribution >= 4 is 41.2 Å². The van der Waals surface area contributed by atoms with Gasteiger partial charge in [0.15, 0.2) is 5.78 Å². The zero-order valence-electron chi connectivity index (χ0n) is 13.1. The van der Waals surface area contributed by atoms with Crippen LogP contribution in [0.15, 0.2) is 34.8 Å². The van der Waals surface area contributed by atoms with Gasteiger partial charge in [0, 0.05) is 11.1 Å². The van der Waals surface area contributed by atoms with Gasteiger partial charge in [-0.3, -0.25) is 19.7 Å². The molecular formula is C17H15ClN2O4. The molecule has 6 nitrogen and oxygen atoms in total. The van der Waals surface area contributed by atoms with Crippen molar-refractivity contribution in [3.05, 3.63) is 57.8 Å². The highest BCUT2D eigenvalue weighted by molar-refractivity contribution is 6.32. The second-order valence-corrected chi connectivity index (χ2v) is 5.41. The molecule has 0 unspecified atom stereocenters. The van der Waals surface area contributed by atoms with E-state index >= 15 is 0 Å². The molecule has 2 aromatic rings. The number of anilines is 1. The maximum absolute atomic E-state index is 12.0. The van der Waals surface area contributed by atoms with Crippen molar-refractivity contribution in [2.24, 2.45) is 5.73 Å². The lowest BCUT2D eigenvalue weighted by atomic mass is 10.1. The molecule has 0 saturated heterocycles. The fraction of sp³-hybridized carbons (Fsp3) is 0.118. The number of nitrogens with two attached hydrogens (primary N) is 1. The third-order valence-electron chi connectivity index (χ3n) is 3.24. The summed E-state index contributed by atoms with van der Waals surface area (Å²) in [6, 6.07) is 6.99. The molecule has 0 atom stereocenters. The zero-order valence-corrected chi connectivity index (χ0v) is 13.8. The number of nitrogens with one attached hydrogen (secondary N) is 1. The number of Topliss-reactive ketones (excluding diaryl/α,β-unsaturated/α-hetero) is 1. The van der Waals surface area contributed by atoms with Crippen LogP contribution < -0.4 is 11.1 Å². The Morgan fingerprint density at radius 1 is 1.21 bits per heavy atom. The lowest BCUT2D eigenvalue weighted by molar-refractivity contribution is -0.111. The van der Waals surface area contributed by atoms with E-state index in [4.69, 9.17) is 21.8 Å². The Bertz CT molecular complexity index is 852. The molecule has 124 valence electrons. The van der Waals surface area contributed by atoms with Crippen molar-refractivity contribution < 1.29 is 18.8 Å². The number of carbonyl (C=O) groups excluding carboxylic acids is 3. The molecule has 0 aliphatic heterocycles. The van der Waals surface area contributed by atoms with Crippen LogP contribution >= 0.6 is 11.6 Å². The van der Waals surface area contributed by atoms with Gasteiger partial charge in [-0.1, -0.05) is 29.8 Å². The van der Waals surface area contributed by atoms with Gasteiger partial charge in [-0.05, 0) is 31.6 Å². The van der Waals surface area contributed by atoms with E-state index in [1.165, 1.54) is 26.0 Å². The summed E-state index contributed by atoms with van der Waals surface area (Å²) in [5.74, 6) is -1.73. The first-order valence-electron chi connectivity index (χ1n) is 6.99. The largest absolute Gasteiger partial charge is 0.444 e.